The minimum absolute atomic E-state index is 0.0112. The van der Waals surface area contributed by atoms with Crippen molar-refractivity contribution in [2.75, 3.05) is 6.61 Å². The number of halogens is 1. The summed E-state index contributed by atoms with van der Waals surface area (Å²) in [7, 11) is 0. The second-order valence-electron chi connectivity index (χ2n) is 5.51. The Labute approximate surface area is 136 Å². The quantitative estimate of drug-likeness (QED) is 0.591. The van der Waals surface area contributed by atoms with Crippen LogP contribution in [0, 0.1) is 6.92 Å². The summed E-state index contributed by atoms with van der Waals surface area (Å²) >= 11 is 5.90. The van der Waals surface area contributed by atoms with Gasteiger partial charge in [0, 0.05) is 17.1 Å². The highest BCUT2D eigenvalue weighted by Crippen LogP contribution is 2.21. The van der Waals surface area contributed by atoms with Crippen LogP contribution >= 0.6 is 11.6 Å². The van der Waals surface area contributed by atoms with Crippen molar-refractivity contribution in [3.63, 3.8) is 0 Å². The molecule has 2 N–H and O–H groups in total. The van der Waals surface area contributed by atoms with E-state index in [2.05, 4.69) is 16.9 Å². The number of benzene rings is 1. The van der Waals surface area contributed by atoms with Crippen molar-refractivity contribution >= 4 is 17.5 Å². The van der Waals surface area contributed by atoms with Gasteiger partial charge in [-0.25, -0.2) is 0 Å². The van der Waals surface area contributed by atoms with Crippen LogP contribution < -0.4 is 15.6 Å². The van der Waals surface area contributed by atoms with E-state index in [1.807, 2.05) is 19.1 Å². The third kappa shape index (κ3) is 5.60. The predicted octanol–water partition coefficient (Wildman–Crippen LogP) is 3.89. The molecular formula is C17H23ClN2O2. The monoisotopic (exact) mass is 322 g/mol. The molecule has 0 fully saturated rings. The molecule has 0 bridgehead atoms. The molecule has 5 heteroatoms. The van der Waals surface area contributed by atoms with Gasteiger partial charge in [0.15, 0.2) is 0 Å². The van der Waals surface area contributed by atoms with Crippen molar-refractivity contribution in [1.82, 2.24) is 10.9 Å². The average Bonchev–Trinajstić information content (AvgIpc) is 2.52. The number of ether oxygens (including phenoxy) is 1. The smallest absolute Gasteiger partial charge is 0.238 e. The van der Waals surface area contributed by atoms with Crippen molar-refractivity contribution in [2.24, 2.45) is 0 Å². The van der Waals surface area contributed by atoms with Gasteiger partial charge in [0.1, 0.15) is 5.75 Å². The molecule has 22 heavy (non-hydrogen) atoms. The minimum atomic E-state index is -0.0112. The first-order valence-electron chi connectivity index (χ1n) is 7.78. The lowest BCUT2D eigenvalue weighted by molar-refractivity contribution is -0.122. The summed E-state index contributed by atoms with van der Waals surface area (Å²) in [6, 6.07) is 5.53. The fraction of sp³-hybridized carbons (Fsp3) is 0.471. The molecule has 0 spiro atoms. The molecule has 0 unspecified atom stereocenters. The molecule has 2 rings (SSSR count). The van der Waals surface area contributed by atoms with Crippen LogP contribution in [0.1, 0.15) is 44.1 Å². The molecule has 120 valence electrons. The zero-order valence-electron chi connectivity index (χ0n) is 13.0. The molecule has 0 atom stereocenters. The summed E-state index contributed by atoms with van der Waals surface area (Å²) in [6.45, 7) is 2.47. The van der Waals surface area contributed by atoms with Crippen molar-refractivity contribution in [3.8, 4) is 5.75 Å². The molecule has 4 nitrogen and oxygen atoms in total. The molecule has 0 saturated carbocycles. The Morgan fingerprint density at radius 2 is 2.23 bits per heavy atom. The maximum atomic E-state index is 11.7. The van der Waals surface area contributed by atoms with E-state index in [-0.39, 0.29) is 5.91 Å². The van der Waals surface area contributed by atoms with E-state index in [0.717, 1.165) is 29.9 Å². The van der Waals surface area contributed by atoms with Gasteiger partial charge in [-0.1, -0.05) is 17.7 Å². The first kappa shape index (κ1) is 16.7. The number of aryl methyl sites for hydroxylation is 1. The number of carbonyl (C=O) groups excluding carboxylic acids is 1. The summed E-state index contributed by atoms with van der Waals surface area (Å²) in [6.07, 6.45) is 7.78. The molecular weight excluding hydrogens is 300 g/mol. The number of carbonyl (C=O) groups is 1. The summed E-state index contributed by atoms with van der Waals surface area (Å²) < 4.78 is 5.67. The summed E-state index contributed by atoms with van der Waals surface area (Å²) in [5.74, 6) is 0.804. The van der Waals surface area contributed by atoms with Gasteiger partial charge in [0.05, 0.1) is 6.61 Å². The number of nitrogens with one attached hydrogen (secondary N) is 2. The number of allylic oxidation sites excluding steroid dienone is 2. The molecule has 0 saturated heterocycles. The first-order chi connectivity index (χ1) is 10.6. The zero-order valence-corrected chi connectivity index (χ0v) is 13.7. The predicted molar refractivity (Wildman–Crippen MR) is 88.7 cm³/mol. The number of hydrazine groups is 1. The van der Waals surface area contributed by atoms with Crippen LogP contribution in [-0.4, -0.2) is 12.5 Å². The second-order valence-corrected chi connectivity index (χ2v) is 5.95. The summed E-state index contributed by atoms with van der Waals surface area (Å²) in [5, 5.41) is 0.701. The van der Waals surface area contributed by atoms with Crippen LogP contribution in [0.3, 0.4) is 0 Å². The number of rotatable bonds is 7. The van der Waals surface area contributed by atoms with Gasteiger partial charge >= 0.3 is 0 Å². The van der Waals surface area contributed by atoms with E-state index in [1.165, 1.54) is 12.8 Å². The Hall–Kier alpha value is -1.68. The maximum absolute atomic E-state index is 11.7. The van der Waals surface area contributed by atoms with E-state index >= 15 is 0 Å². The molecule has 1 aromatic rings. The molecule has 0 aliphatic heterocycles. The zero-order chi connectivity index (χ0) is 15.8. The van der Waals surface area contributed by atoms with Gasteiger partial charge in [-0.3, -0.25) is 10.2 Å². The Morgan fingerprint density at radius 1 is 1.36 bits per heavy atom. The average molecular weight is 323 g/mol. The van der Waals surface area contributed by atoms with E-state index in [0.29, 0.717) is 24.5 Å². The highest BCUT2D eigenvalue weighted by molar-refractivity contribution is 6.30. The Morgan fingerprint density at radius 3 is 2.95 bits per heavy atom. The highest BCUT2D eigenvalue weighted by Gasteiger charge is 2.06. The third-order valence-corrected chi connectivity index (χ3v) is 3.83. The fourth-order valence-corrected chi connectivity index (χ4v) is 2.58. The minimum Gasteiger partial charge on any atom is -0.493 e. The molecule has 1 aliphatic carbocycles. The maximum Gasteiger partial charge on any atom is 0.238 e. The van der Waals surface area contributed by atoms with Crippen LogP contribution in [0.25, 0.3) is 0 Å². The normalized spacial score (nSPS) is 14.2. The van der Waals surface area contributed by atoms with Gasteiger partial charge in [-0.15, -0.1) is 0 Å². The molecule has 0 aromatic heterocycles. The Kier molecular flexibility index (Phi) is 6.59. The van der Waals surface area contributed by atoms with E-state index in [9.17, 15) is 4.79 Å². The third-order valence-electron chi connectivity index (χ3n) is 3.60. The summed E-state index contributed by atoms with van der Waals surface area (Å²) in [4.78, 5) is 11.7. The number of hydrogen-bond acceptors (Lipinski definition) is 3. The molecule has 1 aromatic carbocycles. The molecule has 1 amide bonds. The lowest BCUT2D eigenvalue weighted by Crippen LogP contribution is -2.37. The van der Waals surface area contributed by atoms with Crippen LogP contribution in [0.15, 0.2) is 30.0 Å². The highest BCUT2D eigenvalue weighted by atomic mass is 35.5. The van der Waals surface area contributed by atoms with Gasteiger partial charge in [0.25, 0.3) is 0 Å². The lowest BCUT2D eigenvalue weighted by Gasteiger charge is -2.15. The molecule has 1 aliphatic rings. The van der Waals surface area contributed by atoms with Crippen molar-refractivity contribution < 1.29 is 9.53 Å². The van der Waals surface area contributed by atoms with Crippen molar-refractivity contribution in [1.29, 1.82) is 0 Å². The fourth-order valence-electron chi connectivity index (χ4n) is 2.35. The molecule has 0 heterocycles. The Balaban J connectivity index is 1.61. The molecule has 0 radical (unpaired) electrons. The van der Waals surface area contributed by atoms with Gasteiger partial charge < -0.3 is 10.2 Å². The van der Waals surface area contributed by atoms with Crippen LogP contribution in [-0.2, 0) is 4.79 Å². The van der Waals surface area contributed by atoms with Crippen LogP contribution in [0.5, 0.6) is 5.75 Å². The number of amides is 1. The Bertz CT molecular complexity index is 543. The van der Waals surface area contributed by atoms with E-state index in [4.69, 9.17) is 16.3 Å². The van der Waals surface area contributed by atoms with Gasteiger partial charge in [0.2, 0.25) is 5.91 Å². The second kappa shape index (κ2) is 8.69. The van der Waals surface area contributed by atoms with Crippen molar-refractivity contribution in [2.45, 2.75) is 45.4 Å². The summed E-state index contributed by atoms with van der Waals surface area (Å²) in [5.41, 5.74) is 7.86. The van der Waals surface area contributed by atoms with E-state index < -0.39 is 0 Å². The lowest BCUT2D eigenvalue weighted by atomic mass is 10.1. The standard InChI is InChI=1S/C17H23ClN2O2/c1-13-12-14(18)9-10-16(13)22-11-5-8-17(21)20-19-15-6-3-2-4-7-15/h6,9-10,12,19H,2-5,7-8,11H2,1H3,(H,20,21). The largest absolute Gasteiger partial charge is 0.493 e. The SMILES string of the molecule is Cc1cc(Cl)ccc1OCCCC(=O)NNC1=CCCCC1. The van der Waals surface area contributed by atoms with E-state index in [1.54, 1.807) is 6.07 Å². The van der Waals surface area contributed by atoms with Gasteiger partial charge in [-0.2, -0.15) is 0 Å². The first-order valence-corrected chi connectivity index (χ1v) is 8.16. The van der Waals surface area contributed by atoms with Gasteiger partial charge in [-0.05, 0) is 62.8 Å². The van der Waals surface area contributed by atoms with Crippen LogP contribution in [0.4, 0.5) is 0 Å². The van der Waals surface area contributed by atoms with Crippen LogP contribution in [0.2, 0.25) is 5.02 Å². The topological polar surface area (TPSA) is 50.4 Å². The van der Waals surface area contributed by atoms with Crippen molar-refractivity contribution in [3.05, 3.63) is 40.6 Å². The number of hydrogen-bond donors (Lipinski definition) is 2.